The average molecular weight is 403 g/mol. The summed E-state index contributed by atoms with van der Waals surface area (Å²) in [5.74, 6) is 0.334. The SMILES string of the molecule is COc1cccc(-n2nc(C(=O)NCCC3=CCCCC3)c3ccccc3c2=O)c1. The summed E-state index contributed by atoms with van der Waals surface area (Å²) < 4.78 is 6.53. The first-order chi connectivity index (χ1) is 14.7. The van der Waals surface area contributed by atoms with Crippen molar-refractivity contribution >= 4 is 16.7 Å². The van der Waals surface area contributed by atoms with E-state index >= 15 is 0 Å². The van der Waals surface area contributed by atoms with Gasteiger partial charge in [0.2, 0.25) is 0 Å². The second-order valence-corrected chi connectivity index (χ2v) is 7.43. The van der Waals surface area contributed by atoms with Gasteiger partial charge in [0.15, 0.2) is 5.69 Å². The Balaban J connectivity index is 1.68. The van der Waals surface area contributed by atoms with Crippen LogP contribution in [0.5, 0.6) is 5.75 Å². The Hall–Kier alpha value is -3.41. The molecule has 0 saturated carbocycles. The molecule has 0 fully saturated rings. The Labute approximate surface area is 175 Å². The van der Waals surface area contributed by atoms with Gasteiger partial charge in [-0.1, -0.05) is 35.9 Å². The molecular formula is C24H25N3O3. The fourth-order valence-corrected chi connectivity index (χ4v) is 3.83. The molecule has 30 heavy (non-hydrogen) atoms. The van der Waals surface area contributed by atoms with Crippen molar-refractivity contribution in [3.05, 3.63) is 76.2 Å². The van der Waals surface area contributed by atoms with Crippen molar-refractivity contribution in [2.24, 2.45) is 0 Å². The molecule has 0 atom stereocenters. The van der Waals surface area contributed by atoms with Gasteiger partial charge in [-0.2, -0.15) is 9.78 Å². The fraction of sp³-hybridized carbons (Fsp3) is 0.292. The van der Waals surface area contributed by atoms with Crippen LogP contribution in [-0.2, 0) is 0 Å². The number of carbonyl (C=O) groups is 1. The Kier molecular flexibility index (Phi) is 5.93. The number of methoxy groups -OCH3 is 1. The summed E-state index contributed by atoms with van der Waals surface area (Å²) in [5, 5.41) is 8.42. The number of hydrogen-bond acceptors (Lipinski definition) is 4. The smallest absolute Gasteiger partial charge is 0.279 e. The third kappa shape index (κ3) is 4.13. The Morgan fingerprint density at radius 1 is 1.13 bits per heavy atom. The minimum absolute atomic E-state index is 0.241. The van der Waals surface area contributed by atoms with Gasteiger partial charge in [-0.15, -0.1) is 0 Å². The molecule has 0 aliphatic heterocycles. The second-order valence-electron chi connectivity index (χ2n) is 7.43. The third-order valence-corrected chi connectivity index (χ3v) is 5.43. The molecule has 0 saturated heterocycles. The molecule has 1 amide bonds. The number of rotatable bonds is 6. The first-order valence-electron chi connectivity index (χ1n) is 10.3. The van der Waals surface area contributed by atoms with Gasteiger partial charge < -0.3 is 10.1 Å². The van der Waals surface area contributed by atoms with E-state index in [0.29, 0.717) is 28.8 Å². The number of aromatic nitrogens is 2. The molecule has 154 valence electrons. The summed E-state index contributed by atoms with van der Waals surface area (Å²) >= 11 is 0. The highest BCUT2D eigenvalue weighted by Gasteiger charge is 2.17. The van der Waals surface area contributed by atoms with Crippen molar-refractivity contribution in [1.29, 1.82) is 0 Å². The number of carbonyl (C=O) groups excluding carboxylic acids is 1. The summed E-state index contributed by atoms with van der Waals surface area (Å²) in [6.45, 7) is 0.555. The van der Waals surface area contributed by atoms with E-state index in [0.717, 1.165) is 19.3 Å². The number of hydrogen-bond donors (Lipinski definition) is 1. The molecule has 4 rings (SSSR count). The van der Waals surface area contributed by atoms with Crippen LogP contribution in [0.4, 0.5) is 0 Å². The number of nitrogens with zero attached hydrogens (tertiary/aromatic N) is 2. The molecule has 0 unspecified atom stereocenters. The van der Waals surface area contributed by atoms with Gasteiger partial charge in [-0.05, 0) is 50.3 Å². The quantitative estimate of drug-likeness (QED) is 0.631. The molecule has 3 aromatic rings. The zero-order chi connectivity index (χ0) is 20.9. The number of fused-ring (bicyclic) bond motifs is 1. The molecule has 6 heteroatoms. The summed E-state index contributed by atoms with van der Waals surface area (Å²) in [6.07, 6.45) is 7.83. The molecule has 0 spiro atoms. The topological polar surface area (TPSA) is 73.2 Å². The molecule has 1 aromatic heterocycles. The molecule has 1 aliphatic rings. The van der Waals surface area contributed by atoms with Crippen LogP contribution in [0.15, 0.2) is 65.0 Å². The van der Waals surface area contributed by atoms with Crippen molar-refractivity contribution < 1.29 is 9.53 Å². The standard InChI is InChI=1S/C24H25N3O3/c1-30-19-11-7-10-18(16-19)27-24(29)21-13-6-5-12-20(21)22(26-27)23(28)25-15-14-17-8-3-2-4-9-17/h5-8,10-13,16H,2-4,9,14-15H2,1H3,(H,25,28). The van der Waals surface area contributed by atoms with Crippen LogP contribution in [0.2, 0.25) is 0 Å². The molecule has 6 nitrogen and oxygen atoms in total. The van der Waals surface area contributed by atoms with E-state index in [1.54, 1.807) is 49.6 Å². The first-order valence-corrected chi connectivity index (χ1v) is 10.3. The normalized spacial score (nSPS) is 13.7. The summed E-state index contributed by atoms with van der Waals surface area (Å²) in [5.41, 5.74) is 1.92. The van der Waals surface area contributed by atoms with Crippen LogP contribution in [0.1, 0.15) is 42.6 Å². The lowest BCUT2D eigenvalue weighted by Crippen LogP contribution is -2.30. The van der Waals surface area contributed by atoms with Crippen LogP contribution < -0.4 is 15.6 Å². The minimum Gasteiger partial charge on any atom is -0.497 e. The van der Waals surface area contributed by atoms with Crippen molar-refractivity contribution in [3.63, 3.8) is 0 Å². The Morgan fingerprint density at radius 2 is 1.97 bits per heavy atom. The zero-order valence-electron chi connectivity index (χ0n) is 17.1. The highest BCUT2D eigenvalue weighted by Crippen LogP contribution is 2.20. The summed E-state index contributed by atoms with van der Waals surface area (Å²) in [7, 11) is 1.57. The molecule has 1 aliphatic carbocycles. The number of nitrogens with one attached hydrogen (secondary N) is 1. The maximum absolute atomic E-state index is 13.0. The van der Waals surface area contributed by atoms with Gasteiger partial charge in [0.25, 0.3) is 11.5 Å². The maximum Gasteiger partial charge on any atom is 0.279 e. The van der Waals surface area contributed by atoms with Crippen molar-refractivity contribution in [1.82, 2.24) is 15.1 Å². The largest absolute Gasteiger partial charge is 0.497 e. The second kappa shape index (κ2) is 8.95. The predicted molar refractivity (Wildman–Crippen MR) is 117 cm³/mol. The monoisotopic (exact) mass is 403 g/mol. The number of allylic oxidation sites excluding steroid dienone is 1. The van der Waals surface area contributed by atoms with Crippen LogP contribution in [0, 0.1) is 0 Å². The van der Waals surface area contributed by atoms with Crippen molar-refractivity contribution in [2.45, 2.75) is 32.1 Å². The van der Waals surface area contributed by atoms with Crippen LogP contribution >= 0.6 is 0 Å². The lowest BCUT2D eigenvalue weighted by atomic mass is 9.97. The van der Waals surface area contributed by atoms with Gasteiger partial charge in [0.05, 0.1) is 18.2 Å². The fourth-order valence-electron chi connectivity index (χ4n) is 3.83. The van der Waals surface area contributed by atoms with Crippen LogP contribution in [0.25, 0.3) is 16.5 Å². The third-order valence-electron chi connectivity index (χ3n) is 5.43. The highest BCUT2D eigenvalue weighted by molar-refractivity contribution is 6.04. The van der Waals surface area contributed by atoms with E-state index in [4.69, 9.17) is 4.74 Å². The number of benzene rings is 2. The predicted octanol–water partition coefficient (Wildman–Crippen LogP) is 4.01. The molecule has 1 heterocycles. The van der Waals surface area contributed by atoms with Crippen LogP contribution in [0.3, 0.4) is 0 Å². The molecule has 0 radical (unpaired) electrons. The molecule has 1 N–H and O–H groups in total. The van der Waals surface area contributed by atoms with Gasteiger partial charge in [-0.3, -0.25) is 9.59 Å². The average Bonchev–Trinajstić information content (AvgIpc) is 2.80. The van der Waals surface area contributed by atoms with Gasteiger partial charge in [0, 0.05) is 18.0 Å². The van der Waals surface area contributed by atoms with Crippen molar-refractivity contribution in [3.8, 4) is 11.4 Å². The van der Waals surface area contributed by atoms with Gasteiger partial charge in [-0.25, -0.2) is 0 Å². The molecule has 0 bridgehead atoms. The van der Waals surface area contributed by atoms with E-state index in [1.165, 1.54) is 23.1 Å². The van der Waals surface area contributed by atoms with E-state index < -0.39 is 0 Å². The van der Waals surface area contributed by atoms with E-state index in [9.17, 15) is 9.59 Å². The maximum atomic E-state index is 13.0. The van der Waals surface area contributed by atoms with E-state index in [-0.39, 0.29) is 17.2 Å². The highest BCUT2D eigenvalue weighted by atomic mass is 16.5. The van der Waals surface area contributed by atoms with Gasteiger partial charge in [0.1, 0.15) is 5.75 Å². The molecule has 2 aromatic carbocycles. The lowest BCUT2D eigenvalue weighted by Gasteiger charge is -2.14. The van der Waals surface area contributed by atoms with Crippen molar-refractivity contribution in [2.75, 3.05) is 13.7 Å². The summed E-state index contributed by atoms with van der Waals surface area (Å²) in [6, 6.07) is 14.2. The van der Waals surface area contributed by atoms with Crippen LogP contribution in [-0.4, -0.2) is 29.3 Å². The first kappa shape index (κ1) is 19.9. The lowest BCUT2D eigenvalue weighted by molar-refractivity contribution is 0.0949. The van der Waals surface area contributed by atoms with Gasteiger partial charge >= 0.3 is 0 Å². The molecular weight excluding hydrogens is 378 g/mol. The minimum atomic E-state index is -0.278. The van der Waals surface area contributed by atoms with E-state index in [2.05, 4.69) is 16.5 Å². The van der Waals surface area contributed by atoms with E-state index in [1.807, 2.05) is 6.07 Å². The zero-order valence-corrected chi connectivity index (χ0v) is 17.1. The Morgan fingerprint density at radius 3 is 2.73 bits per heavy atom. The number of amides is 1. The number of ether oxygens (including phenoxy) is 1. The Bertz CT molecular complexity index is 1160. The summed E-state index contributed by atoms with van der Waals surface area (Å²) in [4.78, 5) is 26.0.